The standard InChI is InChI=1S/C21H21N3O2/c1-14(24(2)21(26)19-12-18(13-23-19)20(22)25)15-8-10-17(11-9-15)16-6-4-3-5-7-16/h3-14,23H,1-2H3,(H2,22,25)/t14-/m0/s1. The summed E-state index contributed by atoms with van der Waals surface area (Å²) in [7, 11) is 1.74. The number of aromatic amines is 1. The molecule has 3 aromatic rings. The molecule has 1 heterocycles. The second-order valence-electron chi connectivity index (χ2n) is 6.25. The van der Waals surface area contributed by atoms with E-state index in [0.29, 0.717) is 11.3 Å². The van der Waals surface area contributed by atoms with Crippen LogP contribution in [0.5, 0.6) is 0 Å². The van der Waals surface area contributed by atoms with Crippen LogP contribution in [0.4, 0.5) is 0 Å². The summed E-state index contributed by atoms with van der Waals surface area (Å²) in [5.74, 6) is -0.760. The second-order valence-corrected chi connectivity index (χ2v) is 6.25. The number of rotatable bonds is 5. The van der Waals surface area contributed by atoms with Crippen molar-refractivity contribution in [3.05, 3.63) is 83.7 Å². The molecule has 0 bridgehead atoms. The maximum atomic E-state index is 12.6. The molecule has 26 heavy (non-hydrogen) atoms. The Hall–Kier alpha value is -3.34. The lowest BCUT2D eigenvalue weighted by atomic mass is 10.0. The van der Waals surface area contributed by atoms with Crippen LogP contribution in [0.2, 0.25) is 0 Å². The largest absolute Gasteiger partial charge is 0.366 e. The Morgan fingerprint density at radius 1 is 1.00 bits per heavy atom. The summed E-state index contributed by atoms with van der Waals surface area (Å²) >= 11 is 0. The fourth-order valence-electron chi connectivity index (χ4n) is 2.83. The smallest absolute Gasteiger partial charge is 0.270 e. The number of amides is 2. The Kier molecular flexibility index (Phi) is 4.89. The SMILES string of the molecule is C[C@@H](c1ccc(-c2ccccc2)cc1)N(C)C(=O)c1cc(C(N)=O)c[nH]1. The molecule has 0 aliphatic heterocycles. The van der Waals surface area contributed by atoms with Gasteiger partial charge in [-0.3, -0.25) is 9.59 Å². The molecule has 3 rings (SSSR count). The second kappa shape index (κ2) is 7.27. The van der Waals surface area contributed by atoms with Crippen LogP contribution in [0.25, 0.3) is 11.1 Å². The van der Waals surface area contributed by atoms with Crippen LogP contribution < -0.4 is 5.73 Å². The van der Waals surface area contributed by atoms with Crippen LogP contribution in [0.1, 0.15) is 39.4 Å². The Bertz CT molecular complexity index is 914. The van der Waals surface area contributed by atoms with Crippen molar-refractivity contribution in [3.8, 4) is 11.1 Å². The van der Waals surface area contributed by atoms with Crippen LogP contribution in [0.3, 0.4) is 0 Å². The molecular weight excluding hydrogens is 326 g/mol. The minimum Gasteiger partial charge on any atom is -0.366 e. The maximum absolute atomic E-state index is 12.6. The highest BCUT2D eigenvalue weighted by Crippen LogP contribution is 2.25. The van der Waals surface area contributed by atoms with E-state index in [4.69, 9.17) is 5.73 Å². The number of hydrogen-bond acceptors (Lipinski definition) is 2. The van der Waals surface area contributed by atoms with E-state index in [1.165, 1.54) is 12.3 Å². The monoisotopic (exact) mass is 347 g/mol. The molecule has 2 aromatic carbocycles. The van der Waals surface area contributed by atoms with Crippen LogP contribution in [-0.2, 0) is 0 Å². The predicted molar refractivity (Wildman–Crippen MR) is 102 cm³/mol. The van der Waals surface area contributed by atoms with Gasteiger partial charge < -0.3 is 15.6 Å². The predicted octanol–water partition coefficient (Wildman–Crippen LogP) is 3.61. The van der Waals surface area contributed by atoms with E-state index in [2.05, 4.69) is 29.2 Å². The Morgan fingerprint density at radius 3 is 2.19 bits per heavy atom. The molecule has 3 N–H and O–H groups in total. The van der Waals surface area contributed by atoms with Crippen LogP contribution in [-0.4, -0.2) is 28.7 Å². The van der Waals surface area contributed by atoms with Crippen molar-refractivity contribution >= 4 is 11.8 Å². The van der Waals surface area contributed by atoms with Crippen LogP contribution in [0.15, 0.2) is 66.9 Å². The van der Waals surface area contributed by atoms with Crippen molar-refractivity contribution in [2.45, 2.75) is 13.0 Å². The van der Waals surface area contributed by atoms with Gasteiger partial charge in [-0.05, 0) is 29.7 Å². The minimum absolute atomic E-state index is 0.118. The van der Waals surface area contributed by atoms with Gasteiger partial charge in [0, 0.05) is 13.2 Å². The average molecular weight is 347 g/mol. The number of benzene rings is 2. The number of carbonyl (C=O) groups excluding carboxylic acids is 2. The first-order valence-electron chi connectivity index (χ1n) is 8.38. The van der Waals surface area contributed by atoms with Gasteiger partial charge in [0.25, 0.3) is 5.91 Å². The number of hydrogen-bond donors (Lipinski definition) is 2. The third kappa shape index (κ3) is 3.52. The number of H-pyrrole nitrogens is 1. The highest BCUT2D eigenvalue weighted by atomic mass is 16.2. The maximum Gasteiger partial charge on any atom is 0.270 e. The van der Waals surface area contributed by atoms with Gasteiger partial charge in [-0.25, -0.2) is 0 Å². The quantitative estimate of drug-likeness (QED) is 0.739. The fraction of sp³-hybridized carbons (Fsp3) is 0.143. The Labute approximate surface area is 152 Å². The van der Waals surface area contributed by atoms with Gasteiger partial charge in [-0.1, -0.05) is 54.6 Å². The molecule has 0 radical (unpaired) electrons. The summed E-state index contributed by atoms with van der Waals surface area (Å²) < 4.78 is 0. The van der Waals surface area contributed by atoms with Crippen LogP contribution in [0, 0.1) is 0 Å². The highest BCUT2D eigenvalue weighted by molar-refractivity contribution is 5.98. The normalized spacial score (nSPS) is 11.8. The Balaban J connectivity index is 1.76. The molecule has 5 nitrogen and oxygen atoms in total. The van der Waals surface area contributed by atoms with Gasteiger partial charge in [0.2, 0.25) is 5.91 Å². The van der Waals surface area contributed by atoms with Crippen molar-refractivity contribution in [1.29, 1.82) is 0 Å². The lowest BCUT2D eigenvalue weighted by Gasteiger charge is -2.25. The van der Waals surface area contributed by atoms with Crippen molar-refractivity contribution in [2.75, 3.05) is 7.05 Å². The van der Waals surface area contributed by atoms with E-state index >= 15 is 0 Å². The number of nitrogens with zero attached hydrogens (tertiary/aromatic N) is 1. The molecule has 1 aromatic heterocycles. The molecule has 0 saturated heterocycles. The molecule has 0 saturated carbocycles. The minimum atomic E-state index is -0.562. The number of nitrogens with two attached hydrogens (primary N) is 1. The Morgan fingerprint density at radius 2 is 1.62 bits per heavy atom. The molecule has 0 spiro atoms. The third-order valence-electron chi connectivity index (χ3n) is 4.60. The first-order valence-corrected chi connectivity index (χ1v) is 8.38. The van der Waals surface area contributed by atoms with E-state index in [0.717, 1.165) is 16.7 Å². The third-order valence-corrected chi connectivity index (χ3v) is 4.60. The van der Waals surface area contributed by atoms with Gasteiger partial charge in [0.05, 0.1) is 11.6 Å². The van der Waals surface area contributed by atoms with Gasteiger partial charge in [0.1, 0.15) is 5.69 Å². The van der Waals surface area contributed by atoms with Crippen molar-refractivity contribution < 1.29 is 9.59 Å². The van der Waals surface area contributed by atoms with Crippen molar-refractivity contribution in [3.63, 3.8) is 0 Å². The van der Waals surface area contributed by atoms with Crippen LogP contribution >= 0.6 is 0 Å². The fourth-order valence-corrected chi connectivity index (χ4v) is 2.83. The summed E-state index contributed by atoms with van der Waals surface area (Å²) in [4.78, 5) is 28.3. The molecule has 2 amide bonds. The number of aromatic nitrogens is 1. The summed E-state index contributed by atoms with van der Waals surface area (Å²) in [5.41, 5.74) is 9.18. The average Bonchev–Trinajstić information content (AvgIpc) is 3.17. The number of primary amides is 1. The molecular formula is C21H21N3O2. The molecule has 132 valence electrons. The van der Waals surface area contributed by atoms with E-state index in [1.807, 2.05) is 37.3 Å². The van der Waals surface area contributed by atoms with Gasteiger partial charge in [0.15, 0.2) is 0 Å². The lowest BCUT2D eigenvalue weighted by Crippen LogP contribution is -2.29. The molecule has 5 heteroatoms. The summed E-state index contributed by atoms with van der Waals surface area (Å²) in [6.45, 7) is 1.97. The molecule has 0 aliphatic rings. The zero-order valence-electron chi connectivity index (χ0n) is 14.8. The zero-order chi connectivity index (χ0) is 18.7. The molecule has 1 atom stereocenters. The summed E-state index contributed by atoms with van der Waals surface area (Å²) in [6.07, 6.45) is 1.45. The summed E-state index contributed by atoms with van der Waals surface area (Å²) in [6, 6.07) is 19.7. The zero-order valence-corrected chi connectivity index (χ0v) is 14.8. The van der Waals surface area contributed by atoms with Crippen molar-refractivity contribution in [2.24, 2.45) is 5.73 Å². The van der Waals surface area contributed by atoms with Gasteiger partial charge >= 0.3 is 0 Å². The van der Waals surface area contributed by atoms with Gasteiger partial charge in [-0.2, -0.15) is 0 Å². The number of nitrogens with one attached hydrogen (secondary N) is 1. The topological polar surface area (TPSA) is 79.2 Å². The van der Waals surface area contributed by atoms with Gasteiger partial charge in [-0.15, -0.1) is 0 Å². The molecule has 0 aliphatic carbocycles. The first kappa shape index (κ1) is 17.5. The van der Waals surface area contributed by atoms with Crippen molar-refractivity contribution in [1.82, 2.24) is 9.88 Å². The number of carbonyl (C=O) groups is 2. The van der Waals surface area contributed by atoms with E-state index in [9.17, 15) is 9.59 Å². The molecule has 0 fully saturated rings. The summed E-state index contributed by atoms with van der Waals surface area (Å²) in [5, 5.41) is 0. The molecule has 0 unspecified atom stereocenters. The highest BCUT2D eigenvalue weighted by Gasteiger charge is 2.21. The van der Waals surface area contributed by atoms with E-state index in [-0.39, 0.29) is 11.9 Å². The first-order chi connectivity index (χ1) is 12.5. The van der Waals surface area contributed by atoms with E-state index in [1.54, 1.807) is 11.9 Å². The lowest BCUT2D eigenvalue weighted by molar-refractivity contribution is 0.0737. The van der Waals surface area contributed by atoms with E-state index < -0.39 is 5.91 Å².